The van der Waals surface area contributed by atoms with Gasteiger partial charge in [0.1, 0.15) is 10.7 Å². The van der Waals surface area contributed by atoms with Gasteiger partial charge < -0.3 is 4.98 Å². The maximum absolute atomic E-state index is 12.7. The molecule has 0 aliphatic rings. The van der Waals surface area contributed by atoms with Crippen LogP contribution in [0.5, 0.6) is 0 Å². The van der Waals surface area contributed by atoms with E-state index in [1.807, 2.05) is 19.1 Å². The summed E-state index contributed by atoms with van der Waals surface area (Å²) in [4.78, 5) is 26.2. The van der Waals surface area contributed by atoms with Crippen molar-refractivity contribution in [3.63, 3.8) is 0 Å². The molecule has 0 fully saturated rings. The van der Waals surface area contributed by atoms with E-state index in [0.29, 0.717) is 11.2 Å². The molecule has 3 heterocycles. The Morgan fingerprint density at radius 2 is 1.67 bits per heavy atom. The number of fused-ring (bicyclic) bond motifs is 1. The molecule has 0 atom stereocenters. The molecular weight excluding hydrogens is 318 g/mol. The summed E-state index contributed by atoms with van der Waals surface area (Å²) in [6.07, 6.45) is 3.38. The van der Waals surface area contributed by atoms with Crippen molar-refractivity contribution in [3.05, 3.63) is 69.6 Å². The van der Waals surface area contributed by atoms with E-state index in [0.717, 1.165) is 26.4 Å². The van der Waals surface area contributed by atoms with Crippen LogP contribution in [0.25, 0.3) is 32.7 Å². The van der Waals surface area contributed by atoms with Gasteiger partial charge >= 0.3 is 0 Å². The molecule has 0 aliphatic carbocycles. The largest absolute Gasteiger partial charge is 0.306 e. The van der Waals surface area contributed by atoms with Crippen molar-refractivity contribution in [2.75, 3.05) is 0 Å². The third-order valence-electron chi connectivity index (χ3n) is 4.03. The Morgan fingerprint density at radius 1 is 0.958 bits per heavy atom. The summed E-state index contributed by atoms with van der Waals surface area (Å²) in [6.45, 7) is 4.09. The highest BCUT2D eigenvalue weighted by atomic mass is 32.1. The zero-order chi connectivity index (χ0) is 16.7. The predicted octanol–water partition coefficient (Wildman–Crippen LogP) is 4.33. The zero-order valence-electron chi connectivity index (χ0n) is 13.3. The number of aryl methyl sites for hydroxylation is 2. The van der Waals surface area contributed by atoms with Gasteiger partial charge in [-0.25, -0.2) is 4.98 Å². The summed E-state index contributed by atoms with van der Waals surface area (Å²) in [7, 11) is 0. The van der Waals surface area contributed by atoms with E-state index >= 15 is 0 Å². The molecule has 4 rings (SSSR count). The van der Waals surface area contributed by atoms with Gasteiger partial charge in [-0.3, -0.25) is 9.78 Å². The van der Waals surface area contributed by atoms with Crippen molar-refractivity contribution in [1.29, 1.82) is 0 Å². The first-order valence-corrected chi connectivity index (χ1v) is 8.46. The van der Waals surface area contributed by atoms with Crippen LogP contribution in [0.4, 0.5) is 0 Å². The van der Waals surface area contributed by atoms with Crippen molar-refractivity contribution in [2.24, 2.45) is 0 Å². The minimum Gasteiger partial charge on any atom is -0.306 e. The number of benzene rings is 1. The van der Waals surface area contributed by atoms with Crippen LogP contribution in [0.2, 0.25) is 0 Å². The van der Waals surface area contributed by atoms with E-state index in [2.05, 4.69) is 46.1 Å². The third kappa shape index (κ3) is 2.43. The first-order chi connectivity index (χ1) is 11.6. The van der Waals surface area contributed by atoms with Crippen molar-refractivity contribution in [3.8, 4) is 22.5 Å². The first-order valence-electron chi connectivity index (χ1n) is 7.64. The zero-order valence-corrected chi connectivity index (χ0v) is 14.1. The molecule has 1 N–H and O–H groups in total. The SMILES string of the molecule is Cc1ccc(-c2c(C)sc3nc(-c4ccncc4)[nH]c(=O)c23)cc1. The summed E-state index contributed by atoms with van der Waals surface area (Å²) in [5, 5.41) is 0.666. The maximum Gasteiger partial charge on any atom is 0.260 e. The van der Waals surface area contributed by atoms with Crippen LogP contribution >= 0.6 is 11.3 Å². The quantitative estimate of drug-likeness (QED) is 0.594. The third-order valence-corrected chi connectivity index (χ3v) is 5.03. The highest BCUT2D eigenvalue weighted by Gasteiger charge is 2.17. The van der Waals surface area contributed by atoms with Gasteiger partial charge in [0.05, 0.1) is 5.39 Å². The van der Waals surface area contributed by atoms with Gasteiger partial charge in [-0.05, 0) is 31.5 Å². The van der Waals surface area contributed by atoms with Crippen molar-refractivity contribution in [1.82, 2.24) is 15.0 Å². The second kappa shape index (κ2) is 5.69. The van der Waals surface area contributed by atoms with Crippen LogP contribution in [-0.2, 0) is 0 Å². The Kier molecular flexibility index (Phi) is 3.50. The van der Waals surface area contributed by atoms with E-state index in [9.17, 15) is 4.79 Å². The number of nitrogens with zero attached hydrogens (tertiary/aromatic N) is 2. The molecule has 1 aromatic carbocycles. The molecule has 0 bridgehead atoms. The highest BCUT2D eigenvalue weighted by molar-refractivity contribution is 7.19. The Bertz CT molecular complexity index is 1080. The molecule has 118 valence electrons. The molecule has 0 unspecified atom stereocenters. The summed E-state index contributed by atoms with van der Waals surface area (Å²) in [6, 6.07) is 11.9. The normalized spacial score (nSPS) is 11.1. The Morgan fingerprint density at radius 3 is 2.38 bits per heavy atom. The van der Waals surface area contributed by atoms with Crippen LogP contribution < -0.4 is 5.56 Å². The van der Waals surface area contributed by atoms with Crippen molar-refractivity contribution in [2.45, 2.75) is 13.8 Å². The average molecular weight is 333 g/mol. The van der Waals surface area contributed by atoms with Crippen LogP contribution in [0.15, 0.2) is 53.6 Å². The highest BCUT2D eigenvalue weighted by Crippen LogP contribution is 2.36. The summed E-state index contributed by atoms with van der Waals surface area (Å²) in [5.41, 5.74) is 3.97. The monoisotopic (exact) mass is 333 g/mol. The maximum atomic E-state index is 12.7. The molecule has 24 heavy (non-hydrogen) atoms. The number of hydrogen-bond acceptors (Lipinski definition) is 4. The van der Waals surface area contributed by atoms with Gasteiger partial charge in [0, 0.05) is 28.4 Å². The molecular formula is C19H15N3OS. The van der Waals surface area contributed by atoms with Gasteiger partial charge in [-0.15, -0.1) is 11.3 Å². The molecule has 4 aromatic rings. The second-order valence-electron chi connectivity index (χ2n) is 5.73. The van der Waals surface area contributed by atoms with Gasteiger partial charge in [0.15, 0.2) is 0 Å². The molecule has 0 saturated carbocycles. The topological polar surface area (TPSA) is 58.6 Å². The number of hydrogen-bond donors (Lipinski definition) is 1. The Hall–Kier alpha value is -2.79. The van der Waals surface area contributed by atoms with Crippen LogP contribution in [0, 0.1) is 13.8 Å². The lowest BCUT2D eigenvalue weighted by molar-refractivity contribution is 1.18. The van der Waals surface area contributed by atoms with E-state index < -0.39 is 0 Å². The lowest BCUT2D eigenvalue weighted by atomic mass is 10.0. The van der Waals surface area contributed by atoms with Gasteiger partial charge in [0.25, 0.3) is 5.56 Å². The number of H-pyrrole nitrogens is 1. The minimum absolute atomic E-state index is 0.105. The number of rotatable bonds is 2. The molecule has 3 aromatic heterocycles. The predicted molar refractivity (Wildman–Crippen MR) is 98.4 cm³/mol. The Labute approximate surface area is 142 Å². The minimum atomic E-state index is -0.105. The van der Waals surface area contributed by atoms with Gasteiger partial charge in [0.2, 0.25) is 0 Å². The smallest absolute Gasteiger partial charge is 0.260 e. The molecule has 4 nitrogen and oxygen atoms in total. The van der Waals surface area contributed by atoms with Gasteiger partial charge in [-0.1, -0.05) is 29.8 Å². The fraction of sp³-hybridized carbons (Fsp3) is 0.105. The molecule has 0 amide bonds. The fourth-order valence-electron chi connectivity index (χ4n) is 2.83. The van der Waals surface area contributed by atoms with Crippen molar-refractivity contribution >= 4 is 21.6 Å². The number of nitrogens with one attached hydrogen (secondary N) is 1. The van der Waals surface area contributed by atoms with E-state index in [1.54, 1.807) is 23.7 Å². The summed E-state index contributed by atoms with van der Waals surface area (Å²) in [5.74, 6) is 0.576. The lowest BCUT2D eigenvalue weighted by Crippen LogP contribution is -2.09. The fourth-order valence-corrected chi connectivity index (χ4v) is 3.88. The number of aromatic nitrogens is 3. The van der Waals surface area contributed by atoms with Gasteiger partial charge in [-0.2, -0.15) is 0 Å². The lowest BCUT2D eigenvalue weighted by Gasteiger charge is -2.03. The van der Waals surface area contributed by atoms with E-state index in [4.69, 9.17) is 0 Å². The number of aromatic amines is 1. The van der Waals surface area contributed by atoms with Crippen LogP contribution in [-0.4, -0.2) is 15.0 Å². The Balaban J connectivity index is 1.97. The summed E-state index contributed by atoms with van der Waals surface area (Å²) >= 11 is 1.55. The summed E-state index contributed by atoms with van der Waals surface area (Å²) < 4.78 is 0. The molecule has 0 saturated heterocycles. The standard InChI is InChI=1S/C19H15N3OS/c1-11-3-5-13(6-4-11)15-12(2)24-19-16(15)18(23)21-17(22-19)14-7-9-20-10-8-14/h3-10H,1-2H3,(H,21,22,23). The van der Waals surface area contributed by atoms with E-state index in [1.165, 1.54) is 5.56 Å². The first kappa shape index (κ1) is 14.8. The van der Waals surface area contributed by atoms with Crippen LogP contribution in [0.3, 0.4) is 0 Å². The second-order valence-corrected chi connectivity index (χ2v) is 6.93. The molecule has 5 heteroatoms. The molecule has 0 aliphatic heterocycles. The number of thiophene rings is 1. The van der Waals surface area contributed by atoms with E-state index in [-0.39, 0.29) is 5.56 Å². The molecule has 0 spiro atoms. The van der Waals surface area contributed by atoms with Crippen LogP contribution in [0.1, 0.15) is 10.4 Å². The molecule has 0 radical (unpaired) electrons. The average Bonchev–Trinajstić information content (AvgIpc) is 2.93. The number of pyridine rings is 1. The van der Waals surface area contributed by atoms with Crippen molar-refractivity contribution < 1.29 is 0 Å².